The molecule has 0 aromatic carbocycles. The van der Waals surface area contributed by atoms with Crippen molar-refractivity contribution in [3.05, 3.63) is 0 Å². The average molecular weight is 298 g/mol. The maximum atomic E-state index is 6.50. The molecule has 2 fully saturated rings. The van der Waals surface area contributed by atoms with Gasteiger partial charge in [-0.15, -0.1) is 0 Å². The molecule has 3 nitrogen and oxygen atoms in total. The highest BCUT2D eigenvalue weighted by molar-refractivity contribution is 4.88. The molecule has 0 aromatic heterocycles. The molecule has 10 atom stereocenters. The lowest BCUT2D eigenvalue weighted by Gasteiger charge is -2.48. The molecule has 2 heterocycles. The van der Waals surface area contributed by atoms with Gasteiger partial charge in [-0.3, -0.25) is 0 Å². The van der Waals surface area contributed by atoms with Gasteiger partial charge in [0.2, 0.25) is 0 Å². The van der Waals surface area contributed by atoms with E-state index in [1.165, 1.54) is 0 Å². The minimum Gasteiger partial charge on any atom is -0.375 e. The van der Waals surface area contributed by atoms with Gasteiger partial charge >= 0.3 is 0 Å². The lowest BCUT2D eigenvalue weighted by molar-refractivity contribution is -0.291. The molecule has 0 aliphatic carbocycles. The summed E-state index contributed by atoms with van der Waals surface area (Å²) in [4.78, 5) is 0. The fourth-order valence-electron chi connectivity index (χ4n) is 3.77. The van der Waals surface area contributed by atoms with Crippen molar-refractivity contribution < 1.29 is 14.2 Å². The van der Waals surface area contributed by atoms with Gasteiger partial charge < -0.3 is 14.2 Å². The van der Waals surface area contributed by atoms with E-state index in [0.29, 0.717) is 29.6 Å². The first-order chi connectivity index (χ1) is 9.73. The van der Waals surface area contributed by atoms with Gasteiger partial charge in [-0.1, -0.05) is 34.6 Å². The Kier molecular flexibility index (Phi) is 5.38. The summed E-state index contributed by atoms with van der Waals surface area (Å²) in [6.07, 6.45) is 0.881. The highest BCUT2D eigenvalue weighted by Crippen LogP contribution is 2.39. The second-order valence-electron chi connectivity index (χ2n) is 7.65. The highest BCUT2D eigenvalue weighted by atomic mass is 16.7. The first-order valence-electron chi connectivity index (χ1n) is 8.70. The first kappa shape index (κ1) is 17.2. The van der Waals surface area contributed by atoms with E-state index in [1.807, 2.05) is 0 Å². The molecule has 124 valence electrons. The fourth-order valence-corrected chi connectivity index (χ4v) is 3.77. The Balaban J connectivity index is 2.08. The molecule has 0 radical (unpaired) electrons. The second kappa shape index (κ2) is 6.55. The quantitative estimate of drug-likeness (QED) is 0.768. The molecular weight excluding hydrogens is 264 g/mol. The molecule has 2 saturated heterocycles. The predicted octanol–water partition coefficient (Wildman–Crippen LogP) is 4.10. The van der Waals surface area contributed by atoms with Crippen LogP contribution in [0.15, 0.2) is 0 Å². The van der Waals surface area contributed by atoms with Crippen LogP contribution in [-0.2, 0) is 14.2 Å². The predicted molar refractivity (Wildman–Crippen MR) is 85.0 cm³/mol. The zero-order valence-corrected chi connectivity index (χ0v) is 15.0. The second-order valence-corrected chi connectivity index (χ2v) is 7.65. The third-order valence-corrected chi connectivity index (χ3v) is 6.42. The Morgan fingerprint density at radius 3 is 1.52 bits per heavy atom. The van der Waals surface area contributed by atoms with E-state index in [4.69, 9.17) is 14.2 Å². The van der Waals surface area contributed by atoms with E-state index in [9.17, 15) is 0 Å². The van der Waals surface area contributed by atoms with Crippen molar-refractivity contribution in [1.82, 2.24) is 0 Å². The summed E-state index contributed by atoms with van der Waals surface area (Å²) in [5, 5.41) is 0. The van der Waals surface area contributed by atoms with Crippen molar-refractivity contribution in [2.45, 2.75) is 86.1 Å². The summed E-state index contributed by atoms with van der Waals surface area (Å²) in [5.74, 6) is 2.44. The van der Waals surface area contributed by atoms with Crippen LogP contribution in [0.2, 0.25) is 0 Å². The minimum atomic E-state index is -0.0846. The van der Waals surface area contributed by atoms with Gasteiger partial charge in [0, 0.05) is 17.8 Å². The van der Waals surface area contributed by atoms with E-state index in [2.05, 4.69) is 55.4 Å². The molecule has 2 aliphatic heterocycles. The van der Waals surface area contributed by atoms with Crippen LogP contribution in [-0.4, -0.2) is 30.7 Å². The summed E-state index contributed by atoms with van der Waals surface area (Å²) in [5.41, 5.74) is 0. The van der Waals surface area contributed by atoms with Crippen molar-refractivity contribution in [3.8, 4) is 0 Å². The van der Waals surface area contributed by atoms with Crippen LogP contribution in [0, 0.1) is 29.6 Å². The van der Waals surface area contributed by atoms with Crippen molar-refractivity contribution in [3.63, 3.8) is 0 Å². The van der Waals surface area contributed by atoms with Crippen LogP contribution in [0.1, 0.15) is 55.4 Å². The van der Waals surface area contributed by atoms with E-state index in [-0.39, 0.29) is 30.7 Å². The number of ether oxygens (including phenoxy) is 3. The summed E-state index contributed by atoms with van der Waals surface area (Å²) >= 11 is 0. The molecule has 0 aromatic rings. The molecule has 21 heavy (non-hydrogen) atoms. The normalized spacial score (nSPS) is 55.4. The molecule has 2 rings (SSSR count). The maximum absolute atomic E-state index is 6.50. The lowest BCUT2D eigenvalue weighted by atomic mass is 9.79. The van der Waals surface area contributed by atoms with Crippen molar-refractivity contribution in [1.29, 1.82) is 0 Å². The van der Waals surface area contributed by atoms with Crippen LogP contribution in [0.3, 0.4) is 0 Å². The van der Waals surface area contributed by atoms with Gasteiger partial charge in [0.05, 0.1) is 24.4 Å². The third kappa shape index (κ3) is 3.30. The molecule has 6 unspecified atom stereocenters. The van der Waals surface area contributed by atoms with Crippen molar-refractivity contribution in [2.75, 3.05) is 0 Å². The number of hydrogen-bond donors (Lipinski definition) is 0. The number of hydrogen-bond acceptors (Lipinski definition) is 3. The largest absolute Gasteiger partial charge is 0.375 e. The summed E-state index contributed by atoms with van der Waals surface area (Å²) < 4.78 is 18.7. The standard InChI is InChI=1S/C18H34O3/c1-9-10(2)14(6)20-18(11(9)3)21-17-12(4)15(7)19-16(8)13(17)5/h9-18H,1-8H3/t9?,10-,11?,12+,13?,14?,15?,16-,17?,18-/m0/s1. The third-order valence-electron chi connectivity index (χ3n) is 6.42. The molecule has 0 saturated carbocycles. The van der Waals surface area contributed by atoms with Gasteiger partial charge in [0.15, 0.2) is 6.29 Å². The Morgan fingerprint density at radius 1 is 0.524 bits per heavy atom. The van der Waals surface area contributed by atoms with Crippen LogP contribution < -0.4 is 0 Å². The molecular formula is C18H34O3. The topological polar surface area (TPSA) is 27.7 Å². The SMILES string of the molecule is CC1C(C)[C@H](C)C(C)O[C@H]1OC1C(C)[C@H](C)OC(C)[C@H]1C. The Bertz CT molecular complexity index is 331. The zero-order valence-electron chi connectivity index (χ0n) is 15.0. The van der Waals surface area contributed by atoms with E-state index < -0.39 is 0 Å². The summed E-state index contributed by atoms with van der Waals surface area (Å²) in [6, 6.07) is 0. The van der Waals surface area contributed by atoms with E-state index in [0.717, 1.165) is 0 Å². The Hall–Kier alpha value is -0.120. The Morgan fingerprint density at radius 2 is 1.00 bits per heavy atom. The van der Waals surface area contributed by atoms with Crippen LogP contribution in [0.25, 0.3) is 0 Å². The molecule has 0 bridgehead atoms. The van der Waals surface area contributed by atoms with Gasteiger partial charge in [-0.25, -0.2) is 0 Å². The minimum absolute atomic E-state index is 0.0846. The zero-order chi connectivity index (χ0) is 15.9. The summed E-state index contributed by atoms with van der Waals surface area (Å²) in [6.45, 7) is 17.8. The van der Waals surface area contributed by atoms with Crippen LogP contribution in [0.4, 0.5) is 0 Å². The van der Waals surface area contributed by atoms with E-state index >= 15 is 0 Å². The van der Waals surface area contributed by atoms with Crippen LogP contribution in [0.5, 0.6) is 0 Å². The Labute approximate surface area is 130 Å². The van der Waals surface area contributed by atoms with Gasteiger partial charge in [-0.05, 0) is 32.6 Å². The first-order valence-corrected chi connectivity index (χ1v) is 8.70. The van der Waals surface area contributed by atoms with E-state index in [1.54, 1.807) is 0 Å². The van der Waals surface area contributed by atoms with Gasteiger partial charge in [-0.2, -0.15) is 0 Å². The smallest absolute Gasteiger partial charge is 0.161 e. The average Bonchev–Trinajstić information content (AvgIpc) is 2.44. The molecule has 0 spiro atoms. The fraction of sp³-hybridized carbons (Fsp3) is 1.00. The molecule has 3 heteroatoms. The summed E-state index contributed by atoms with van der Waals surface area (Å²) in [7, 11) is 0. The highest BCUT2D eigenvalue weighted by Gasteiger charge is 2.44. The molecule has 0 amide bonds. The van der Waals surface area contributed by atoms with Gasteiger partial charge in [0.1, 0.15) is 0 Å². The lowest BCUT2D eigenvalue weighted by Crippen LogP contribution is -2.53. The van der Waals surface area contributed by atoms with Crippen molar-refractivity contribution >= 4 is 0 Å². The molecule has 2 aliphatic rings. The molecule has 0 N–H and O–H groups in total. The van der Waals surface area contributed by atoms with Crippen LogP contribution >= 0.6 is 0 Å². The van der Waals surface area contributed by atoms with Crippen molar-refractivity contribution in [2.24, 2.45) is 29.6 Å². The number of rotatable bonds is 2. The maximum Gasteiger partial charge on any atom is 0.161 e. The van der Waals surface area contributed by atoms with Gasteiger partial charge in [0.25, 0.3) is 0 Å². The monoisotopic (exact) mass is 298 g/mol.